The molecule has 5 heteroatoms. The Kier molecular flexibility index (Phi) is 6.15. The van der Waals surface area contributed by atoms with Gasteiger partial charge in [-0.1, -0.05) is 32.4 Å². The number of nitrogens with zero attached hydrogens (tertiary/aromatic N) is 2. The van der Waals surface area contributed by atoms with Crippen LogP contribution >= 0.6 is 0 Å². The Morgan fingerprint density at radius 1 is 1.18 bits per heavy atom. The van der Waals surface area contributed by atoms with E-state index in [1.807, 2.05) is 0 Å². The normalized spacial score (nSPS) is 37.1. The summed E-state index contributed by atoms with van der Waals surface area (Å²) >= 11 is 0. The van der Waals surface area contributed by atoms with E-state index < -0.39 is 0 Å². The first kappa shape index (κ1) is 24.0. The molecule has 1 aromatic rings. The van der Waals surface area contributed by atoms with Crippen molar-refractivity contribution in [2.45, 2.75) is 104 Å². The summed E-state index contributed by atoms with van der Waals surface area (Å²) in [5.41, 5.74) is 7.29. The molecule has 0 unspecified atom stereocenters. The lowest BCUT2D eigenvalue weighted by Gasteiger charge is -2.57. The minimum Gasteiger partial charge on any atom is -0.393 e. The Balaban J connectivity index is 1.37. The maximum atomic E-state index is 11.2. The van der Waals surface area contributed by atoms with Gasteiger partial charge in [0.15, 0.2) is 0 Å². The second-order valence-electron chi connectivity index (χ2n) is 12.5. The Morgan fingerprint density at radius 3 is 2.71 bits per heavy atom. The molecule has 0 saturated heterocycles. The maximum absolute atomic E-state index is 11.2. The summed E-state index contributed by atoms with van der Waals surface area (Å²) in [7, 11) is 0. The molecule has 186 valence electrons. The molecule has 2 fully saturated rings. The molecule has 0 aromatic carbocycles. The van der Waals surface area contributed by atoms with Crippen molar-refractivity contribution in [1.82, 2.24) is 15.5 Å². The van der Waals surface area contributed by atoms with Crippen LogP contribution in [-0.4, -0.2) is 33.9 Å². The molecule has 7 atom stereocenters. The Hall–Kier alpha value is -1.75. The number of carbonyl (C=O) groups is 1. The second kappa shape index (κ2) is 8.72. The van der Waals surface area contributed by atoms with Crippen molar-refractivity contribution in [3.8, 4) is 0 Å². The second-order valence-corrected chi connectivity index (χ2v) is 12.5. The zero-order valence-corrected chi connectivity index (χ0v) is 21.8. The predicted octanol–water partition coefficient (Wildman–Crippen LogP) is 4.83. The van der Waals surface area contributed by atoms with Gasteiger partial charge in [-0.2, -0.15) is 10.2 Å². The van der Waals surface area contributed by atoms with Gasteiger partial charge < -0.3 is 10.4 Å². The van der Waals surface area contributed by atoms with Crippen molar-refractivity contribution in [3.05, 3.63) is 34.2 Å². The molecule has 0 spiro atoms. The maximum Gasteiger partial charge on any atom is 0.216 e. The molecule has 4 aliphatic rings. The van der Waals surface area contributed by atoms with Crippen LogP contribution in [0, 0.1) is 36.0 Å². The zero-order valence-electron chi connectivity index (χ0n) is 21.8. The van der Waals surface area contributed by atoms with Crippen LogP contribution in [0.1, 0.15) is 95.2 Å². The fourth-order valence-corrected chi connectivity index (χ4v) is 8.41. The Morgan fingerprint density at radius 2 is 1.94 bits per heavy atom. The third-order valence-corrected chi connectivity index (χ3v) is 10.4. The van der Waals surface area contributed by atoms with Gasteiger partial charge in [0.1, 0.15) is 0 Å². The van der Waals surface area contributed by atoms with Crippen molar-refractivity contribution in [1.29, 1.82) is 0 Å². The summed E-state index contributed by atoms with van der Waals surface area (Å²) in [4.78, 5) is 11.2. The monoisotopic (exact) mass is 465 g/mol. The van der Waals surface area contributed by atoms with Crippen LogP contribution in [0.15, 0.2) is 11.6 Å². The van der Waals surface area contributed by atoms with Crippen LogP contribution in [0.2, 0.25) is 0 Å². The summed E-state index contributed by atoms with van der Waals surface area (Å²) in [5.74, 6) is 2.55. The topological polar surface area (TPSA) is 75.1 Å². The molecule has 34 heavy (non-hydrogen) atoms. The number of aryl methyl sites for hydroxylation is 1. The van der Waals surface area contributed by atoms with Crippen LogP contribution in [-0.2, 0) is 23.1 Å². The van der Waals surface area contributed by atoms with E-state index in [9.17, 15) is 9.90 Å². The van der Waals surface area contributed by atoms with E-state index in [1.54, 1.807) is 12.5 Å². The highest BCUT2D eigenvalue weighted by atomic mass is 16.3. The van der Waals surface area contributed by atoms with Crippen LogP contribution in [0.4, 0.5) is 0 Å². The molecule has 2 N–H and O–H groups in total. The minimum atomic E-state index is -0.141. The van der Waals surface area contributed by atoms with Crippen LogP contribution < -0.4 is 5.32 Å². The van der Waals surface area contributed by atoms with E-state index in [0.29, 0.717) is 17.8 Å². The van der Waals surface area contributed by atoms with E-state index in [4.69, 9.17) is 10.2 Å². The molecule has 2 saturated carbocycles. The number of aliphatic hydroxyl groups is 1. The number of rotatable bonds is 5. The number of amides is 1. The van der Waals surface area contributed by atoms with Crippen molar-refractivity contribution >= 4 is 5.91 Å². The number of fused-ring (bicyclic) bond motifs is 7. The van der Waals surface area contributed by atoms with Crippen molar-refractivity contribution in [2.24, 2.45) is 29.1 Å². The zero-order chi connectivity index (χ0) is 24.3. The molecule has 5 nitrogen and oxygen atoms in total. The summed E-state index contributed by atoms with van der Waals surface area (Å²) in [5, 5.41) is 22.8. The van der Waals surface area contributed by atoms with Gasteiger partial charge in [0.05, 0.1) is 17.5 Å². The smallest absolute Gasteiger partial charge is 0.216 e. The fraction of sp³-hybridized carbons (Fsp3) is 0.759. The summed E-state index contributed by atoms with van der Waals surface area (Å²) in [6.45, 7) is 11.8. The Bertz CT molecular complexity index is 1000. The highest BCUT2D eigenvalue weighted by Gasteiger charge is 2.58. The van der Waals surface area contributed by atoms with Crippen molar-refractivity contribution in [3.63, 3.8) is 0 Å². The number of hydrogen-bond donors (Lipinski definition) is 2. The molecule has 4 aliphatic carbocycles. The lowest BCUT2D eigenvalue weighted by atomic mass is 9.47. The summed E-state index contributed by atoms with van der Waals surface area (Å²) in [6, 6.07) is 0. The molecular formula is C29H43N3O2. The molecule has 1 heterocycles. The van der Waals surface area contributed by atoms with E-state index in [0.717, 1.165) is 63.1 Å². The summed E-state index contributed by atoms with van der Waals surface area (Å²) < 4.78 is 0. The van der Waals surface area contributed by atoms with Crippen molar-refractivity contribution in [2.75, 3.05) is 6.54 Å². The standard InChI is InChI=1S/C29H43N3O2/c1-17(16-30-19(3)33)6-9-25-18(2)27-26(32-31-25)15-24-22-8-7-20-14-21(34)10-12-28(20,4)23(22)11-13-29(24,27)5/h7,17,21-24,34H,6,8-16H2,1-5H3,(H,30,33)/t17-,21+,22+,23+,24+,28+,29+/m1/s1. The summed E-state index contributed by atoms with van der Waals surface area (Å²) in [6.07, 6.45) is 12.0. The largest absolute Gasteiger partial charge is 0.393 e. The highest BCUT2D eigenvalue weighted by Crippen LogP contribution is 2.64. The average molecular weight is 466 g/mol. The molecule has 1 amide bonds. The van der Waals surface area contributed by atoms with E-state index in [2.05, 4.69) is 39.1 Å². The van der Waals surface area contributed by atoms with Gasteiger partial charge in [0.2, 0.25) is 5.91 Å². The van der Waals surface area contributed by atoms with E-state index in [-0.39, 0.29) is 22.8 Å². The average Bonchev–Trinajstić information content (AvgIpc) is 3.11. The lowest BCUT2D eigenvalue weighted by Crippen LogP contribution is -2.51. The molecular weight excluding hydrogens is 422 g/mol. The first-order chi connectivity index (χ1) is 16.1. The lowest BCUT2D eigenvalue weighted by molar-refractivity contribution is -0.119. The van der Waals surface area contributed by atoms with Gasteiger partial charge in [0, 0.05) is 13.5 Å². The third-order valence-electron chi connectivity index (χ3n) is 10.4. The molecule has 0 bridgehead atoms. The van der Waals surface area contributed by atoms with Crippen molar-refractivity contribution < 1.29 is 9.90 Å². The van der Waals surface area contributed by atoms with Crippen LogP contribution in [0.3, 0.4) is 0 Å². The van der Waals surface area contributed by atoms with Gasteiger partial charge in [-0.15, -0.1) is 0 Å². The van der Waals surface area contributed by atoms with Gasteiger partial charge in [-0.3, -0.25) is 4.79 Å². The van der Waals surface area contributed by atoms with Crippen LogP contribution in [0.25, 0.3) is 0 Å². The molecule has 0 aliphatic heterocycles. The van der Waals surface area contributed by atoms with Gasteiger partial charge in [-0.05, 0) is 110 Å². The number of nitrogens with one attached hydrogen (secondary N) is 1. The highest BCUT2D eigenvalue weighted by molar-refractivity contribution is 5.72. The fourth-order valence-electron chi connectivity index (χ4n) is 8.41. The number of carbonyl (C=O) groups excluding carboxylic acids is 1. The molecule has 0 radical (unpaired) electrons. The number of aliphatic hydroxyl groups excluding tert-OH is 1. The first-order valence-corrected chi connectivity index (χ1v) is 13.6. The van der Waals surface area contributed by atoms with Gasteiger partial charge in [0.25, 0.3) is 0 Å². The predicted molar refractivity (Wildman–Crippen MR) is 134 cm³/mol. The number of hydrogen-bond acceptors (Lipinski definition) is 4. The first-order valence-electron chi connectivity index (χ1n) is 13.6. The molecule has 1 aromatic heterocycles. The van der Waals surface area contributed by atoms with Gasteiger partial charge in [-0.25, -0.2) is 0 Å². The van der Waals surface area contributed by atoms with Crippen LogP contribution in [0.5, 0.6) is 0 Å². The molecule has 5 rings (SSSR count). The third kappa shape index (κ3) is 3.83. The van der Waals surface area contributed by atoms with Gasteiger partial charge >= 0.3 is 0 Å². The quantitative estimate of drug-likeness (QED) is 0.611. The minimum absolute atomic E-state index is 0.0397. The number of allylic oxidation sites excluding steroid dienone is 1. The number of aromatic nitrogens is 2. The Labute approximate surface area is 205 Å². The SMILES string of the molecule is CC(=O)NC[C@H](C)CCc1nnc2c(c1C)[C@@]1(C)CC[C@H]3[C@H](CC=C4C[C@@H](O)CC[C@@]43C)[C@@H]1C2. The van der Waals surface area contributed by atoms with E-state index in [1.165, 1.54) is 29.7 Å². The van der Waals surface area contributed by atoms with E-state index >= 15 is 0 Å².